The van der Waals surface area contributed by atoms with Crippen LogP contribution in [0.25, 0.3) is 5.69 Å². The summed E-state index contributed by atoms with van der Waals surface area (Å²) in [7, 11) is 1.57. The molecule has 0 radical (unpaired) electrons. The second-order valence-corrected chi connectivity index (χ2v) is 5.24. The number of nitrogens with one attached hydrogen (secondary N) is 1. The summed E-state index contributed by atoms with van der Waals surface area (Å²) in [5, 5.41) is 13.6. The number of H-pyrrole nitrogens is 1. The Kier molecular flexibility index (Phi) is 4.44. The zero-order chi connectivity index (χ0) is 17.8. The van der Waals surface area contributed by atoms with Gasteiger partial charge in [0.05, 0.1) is 24.8 Å². The van der Waals surface area contributed by atoms with E-state index in [-0.39, 0.29) is 0 Å². The molecule has 0 saturated carbocycles. The van der Waals surface area contributed by atoms with Crippen LogP contribution in [-0.4, -0.2) is 21.9 Å². The fourth-order valence-corrected chi connectivity index (χ4v) is 2.57. The number of benzene rings is 2. The zero-order valence-corrected chi connectivity index (χ0v) is 13.3. The van der Waals surface area contributed by atoms with Gasteiger partial charge in [-0.2, -0.15) is 15.0 Å². The Hall–Kier alpha value is -3.66. The standard InChI is InChI=1S/C18H14N4O3/c1-25-13-8-6-12(7-9-13)15(10-19)14-4-2-3-5-16(14)22-18(24)21-17(23)11-20-22/h2-9,11,15H,1H3,(H,21,23,24). The molecule has 2 aromatic carbocycles. The van der Waals surface area contributed by atoms with E-state index in [4.69, 9.17) is 4.74 Å². The van der Waals surface area contributed by atoms with Crippen molar-refractivity contribution in [2.75, 3.05) is 7.11 Å². The van der Waals surface area contributed by atoms with Gasteiger partial charge in [-0.15, -0.1) is 0 Å². The largest absolute Gasteiger partial charge is 0.497 e. The minimum Gasteiger partial charge on any atom is -0.497 e. The molecule has 0 aliphatic carbocycles. The van der Waals surface area contributed by atoms with Crippen molar-refractivity contribution < 1.29 is 4.74 Å². The van der Waals surface area contributed by atoms with Gasteiger partial charge in [-0.3, -0.25) is 9.78 Å². The summed E-state index contributed by atoms with van der Waals surface area (Å²) in [6, 6.07) is 16.3. The summed E-state index contributed by atoms with van der Waals surface area (Å²) in [6.07, 6.45) is 1.02. The molecule has 124 valence electrons. The number of aromatic amines is 1. The summed E-state index contributed by atoms with van der Waals surface area (Å²) in [6.45, 7) is 0. The predicted molar refractivity (Wildman–Crippen MR) is 90.9 cm³/mol. The number of aromatic nitrogens is 3. The van der Waals surface area contributed by atoms with Gasteiger partial charge in [-0.25, -0.2) is 4.79 Å². The van der Waals surface area contributed by atoms with Crippen molar-refractivity contribution >= 4 is 0 Å². The molecule has 0 saturated heterocycles. The Labute approximate surface area is 142 Å². The smallest absolute Gasteiger partial charge is 0.349 e. The van der Waals surface area contributed by atoms with Crippen LogP contribution in [0.4, 0.5) is 0 Å². The highest BCUT2D eigenvalue weighted by molar-refractivity contribution is 5.50. The average molecular weight is 334 g/mol. The molecule has 1 heterocycles. The molecule has 0 amide bonds. The Morgan fingerprint density at radius 2 is 1.88 bits per heavy atom. The van der Waals surface area contributed by atoms with Crippen molar-refractivity contribution in [1.29, 1.82) is 5.26 Å². The number of nitrogens with zero attached hydrogens (tertiary/aromatic N) is 3. The van der Waals surface area contributed by atoms with Crippen LogP contribution in [0.2, 0.25) is 0 Å². The summed E-state index contributed by atoms with van der Waals surface area (Å²) in [4.78, 5) is 25.5. The van der Waals surface area contributed by atoms with Crippen LogP contribution in [0, 0.1) is 11.3 Å². The zero-order valence-electron chi connectivity index (χ0n) is 13.3. The van der Waals surface area contributed by atoms with Crippen molar-refractivity contribution in [2.45, 2.75) is 5.92 Å². The van der Waals surface area contributed by atoms with E-state index in [0.717, 1.165) is 16.4 Å². The molecule has 7 nitrogen and oxygen atoms in total. The third-order valence-corrected chi connectivity index (χ3v) is 3.77. The maximum Gasteiger partial charge on any atom is 0.349 e. The fraction of sp³-hybridized carbons (Fsp3) is 0.111. The molecule has 3 rings (SSSR count). The summed E-state index contributed by atoms with van der Waals surface area (Å²) in [5.41, 5.74) is 0.563. The van der Waals surface area contributed by atoms with Gasteiger partial charge < -0.3 is 4.74 Å². The minimum atomic E-state index is -0.661. The average Bonchev–Trinajstić information content (AvgIpc) is 2.64. The number of ether oxygens (including phenoxy) is 1. The molecule has 7 heteroatoms. The van der Waals surface area contributed by atoms with Crippen LogP contribution in [-0.2, 0) is 0 Å². The summed E-state index contributed by atoms with van der Waals surface area (Å²) < 4.78 is 6.21. The summed E-state index contributed by atoms with van der Waals surface area (Å²) >= 11 is 0. The Bertz CT molecular complexity index is 1050. The first-order valence-corrected chi connectivity index (χ1v) is 7.45. The topological polar surface area (TPSA) is 101 Å². The van der Waals surface area contributed by atoms with Gasteiger partial charge >= 0.3 is 5.69 Å². The van der Waals surface area contributed by atoms with Gasteiger partial charge in [-0.05, 0) is 29.3 Å². The van der Waals surface area contributed by atoms with Crippen LogP contribution in [0.1, 0.15) is 17.0 Å². The van der Waals surface area contributed by atoms with E-state index >= 15 is 0 Å². The van der Waals surface area contributed by atoms with Crippen molar-refractivity contribution in [2.24, 2.45) is 0 Å². The van der Waals surface area contributed by atoms with Gasteiger partial charge in [0, 0.05) is 0 Å². The Morgan fingerprint density at radius 1 is 1.16 bits per heavy atom. The van der Waals surface area contributed by atoms with E-state index in [1.54, 1.807) is 55.6 Å². The molecule has 3 aromatic rings. The quantitative estimate of drug-likeness (QED) is 0.781. The lowest BCUT2D eigenvalue weighted by atomic mass is 9.91. The predicted octanol–water partition coefficient (Wildman–Crippen LogP) is 1.58. The number of hydrogen-bond acceptors (Lipinski definition) is 5. The van der Waals surface area contributed by atoms with E-state index in [1.807, 2.05) is 0 Å². The SMILES string of the molecule is COc1ccc(C(C#N)c2ccccc2-n2ncc(=O)[nH]c2=O)cc1. The van der Waals surface area contributed by atoms with Crippen LogP contribution < -0.4 is 16.0 Å². The molecule has 0 aliphatic rings. The van der Waals surface area contributed by atoms with Crippen LogP contribution in [0.3, 0.4) is 0 Å². The van der Waals surface area contributed by atoms with Crippen molar-refractivity contribution in [3.8, 4) is 17.5 Å². The molecular weight excluding hydrogens is 320 g/mol. The lowest BCUT2D eigenvalue weighted by Crippen LogP contribution is -2.31. The molecule has 1 aromatic heterocycles. The van der Waals surface area contributed by atoms with E-state index < -0.39 is 17.2 Å². The highest BCUT2D eigenvalue weighted by Gasteiger charge is 2.19. The molecule has 25 heavy (non-hydrogen) atoms. The first kappa shape index (κ1) is 16.2. The monoisotopic (exact) mass is 334 g/mol. The van der Waals surface area contributed by atoms with Gasteiger partial charge in [0.2, 0.25) is 0 Å². The Morgan fingerprint density at radius 3 is 2.52 bits per heavy atom. The van der Waals surface area contributed by atoms with Crippen molar-refractivity contribution in [3.63, 3.8) is 0 Å². The number of hydrogen-bond donors (Lipinski definition) is 1. The molecule has 1 N–H and O–H groups in total. The number of nitriles is 1. The molecule has 1 unspecified atom stereocenters. The maximum atomic E-state index is 12.1. The maximum absolute atomic E-state index is 12.1. The first-order valence-electron chi connectivity index (χ1n) is 7.45. The molecule has 0 aliphatic heterocycles. The van der Waals surface area contributed by atoms with Crippen LogP contribution in [0.15, 0.2) is 64.3 Å². The normalized spacial score (nSPS) is 11.5. The van der Waals surface area contributed by atoms with E-state index in [0.29, 0.717) is 17.0 Å². The van der Waals surface area contributed by atoms with Crippen molar-refractivity contribution in [3.05, 3.63) is 86.7 Å². The van der Waals surface area contributed by atoms with Gasteiger partial charge in [0.25, 0.3) is 5.56 Å². The lowest BCUT2D eigenvalue weighted by molar-refractivity contribution is 0.414. The molecule has 0 bridgehead atoms. The summed E-state index contributed by atoms with van der Waals surface area (Å²) in [5.74, 6) is 0.0787. The van der Waals surface area contributed by atoms with Gasteiger partial charge in [0.15, 0.2) is 0 Å². The Balaban J connectivity index is 2.14. The second kappa shape index (κ2) is 6.84. The molecule has 0 spiro atoms. The first-order chi connectivity index (χ1) is 12.1. The van der Waals surface area contributed by atoms with Crippen LogP contribution in [0.5, 0.6) is 5.75 Å². The fourth-order valence-electron chi connectivity index (χ4n) is 2.57. The van der Waals surface area contributed by atoms with E-state index in [2.05, 4.69) is 16.2 Å². The van der Waals surface area contributed by atoms with Gasteiger partial charge in [0.1, 0.15) is 11.9 Å². The minimum absolute atomic E-state index is 0.436. The highest BCUT2D eigenvalue weighted by atomic mass is 16.5. The number of para-hydroxylation sites is 1. The molecule has 1 atom stereocenters. The molecule has 0 fully saturated rings. The number of rotatable bonds is 4. The van der Waals surface area contributed by atoms with Gasteiger partial charge in [-0.1, -0.05) is 30.3 Å². The van der Waals surface area contributed by atoms with Crippen molar-refractivity contribution in [1.82, 2.24) is 14.8 Å². The van der Waals surface area contributed by atoms with E-state index in [9.17, 15) is 14.9 Å². The number of methoxy groups -OCH3 is 1. The van der Waals surface area contributed by atoms with E-state index in [1.165, 1.54) is 0 Å². The van der Waals surface area contributed by atoms with Crippen LogP contribution >= 0.6 is 0 Å². The highest BCUT2D eigenvalue weighted by Crippen LogP contribution is 2.29. The third kappa shape index (κ3) is 3.19. The third-order valence-electron chi connectivity index (χ3n) is 3.77. The lowest BCUT2D eigenvalue weighted by Gasteiger charge is -2.15. The molecular formula is C18H14N4O3. The second-order valence-electron chi connectivity index (χ2n) is 5.24.